The molecule has 11 nitrogen and oxygen atoms in total. The van der Waals surface area contributed by atoms with Crippen molar-refractivity contribution < 1.29 is 28.8 Å². The molecule has 0 aromatic rings. The van der Waals surface area contributed by atoms with Crippen LogP contribution in [0.2, 0.25) is 0 Å². The first-order chi connectivity index (χ1) is 16.6. The Labute approximate surface area is 210 Å². The number of unbranched alkanes of at least 4 members (excludes halogenated alkanes) is 3. The number of hydrogen-bond donors (Lipinski definition) is 4. The van der Waals surface area contributed by atoms with Crippen LogP contribution in [0.5, 0.6) is 0 Å². The second-order valence-electron chi connectivity index (χ2n) is 8.32. The Hall–Kier alpha value is -2.89. The van der Waals surface area contributed by atoms with Crippen molar-refractivity contribution in [2.45, 2.75) is 77.9 Å². The van der Waals surface area contributed by atoms with Gasteiger partial charge in [0, 0.05) is 25.1 Å². The molecule has 0 bridgehead atoms. The third kappa shape index (κ3) is 11.4. The Kier molecular flexibility index (Phi) is 13.7. The summed E-state index contributed by atoms with van der Waals surface area (Å²) in [6, 6.07) is -2.66. The maximum atomic E-state index is 12.4. The Morgan fingerprint density at radius 3 is 1.94 bits per heavy atom. The van der Waals surface area contributed by atoms with Gasteiger partial charge in [0.05, 0.1) is 5.88 Å². The molecule has 0 saturated heterocycles. The zero-order valence-corrected chi connectivity index (χ0v) is 21.7. The minimum atomic E-state index is -0.948. The van der Waals surface area contributed by atoms with Crippen LogP contribution in [0, 0.1) is 0 Å². The topological polar surface area (TPSA) is 154 Å². The van der Waals surface area contributed by atoms with Crippen LogP contribution in [0.25, 0.3) is 0 Å². The average molecular weight is 512 g/mol. The van der Waals surface area contributed by atoms with Crippen molar-refractivity contribution in [1.29, 1.82) is 0 Å². The van der Waals surface area contributed by atoms with Crippen LogP contribution in [0.3, 0.4) is 0 Å². The monoisotopic (exact) mass is 511 g/mol. The Morgan fingerprint density at radius 2 is 1.37 bits per heavy atom. The van der Waals surface area contributed by atoms with Gasteiger partial charge in [0.1, 0.15) is 18.1 Å². The number of thioether (sulfide) groups is 1. The van der Waals surface area contributed by atoms with Gasteiger partial charge in [-0.3, -0.25) is 33.7 Å². The van der Waals surface area contributed by atoms with Gasteiger partial charge in [-0.25, -0.2) is 0 Å². The summed E-state index contributed by atoms with van der Waals surface area (Å²) >= 11 is 1.63. The summed E-state index contributed by atoms with van der Waals surface area (Å²) in [5.74, 6) is -1.52. The molecule has 0 aromatic heterocycles. The third-order valence-electron chi connectivity index (χ3n) is 5.23. The molecule has 0 saturated carbocycles. The number of rotatable bonds is 16. The van der Waals surface area contributed by atoms with Crippen LogP contribution in [0.1, 0.15) is 59.8 Å². The van der Waals surface area contributed by atoms with Gasteiger partial charge in [0.25, 0.3) is 11.8 Å². The van der Waals surface area contributed by atoms with Gasteiger partial charge in [-0.1, -0.05) is 26.2 Å². The third-order valence-corrected chi connectivity index (χ3v) is 6.15. The van der Waals surface area contributed by atoms with E-state index in [1.54, 1.807) is 18.7 Å². The van der Waals surface area contributed by atoms with Gasteiger partial charge >= 0.3 is 0 Å². The molecule has 1 aliphatic heterocycles. The summed E-state index contributed by atoms with van der Waals surface area (Å²) in [6.45, 7) is 6.53. The predicted octanol–water partition coefficient (Wildman–Crippen LogP) is 0.203. The fraction of sp³-hybridized carbons (Fsp3) is 0.652. The zero-order chi connectivity index (χ0) is 26.4. The van der Waals surface area contributed by atoms with Crippen LogP contribution < -0.4 is 21.3 Å². The summed E-state index contributed by atoms with van der Waals surface area (Å²) in [5, 5.41) is 10.3. The van der Waals surface area contributed by atoms with E-state index < -0.39 is 47.7 Å². The molecule has 0 aromatic carbocycles. The van der Waals surface area contributed by atoms with E-state index in [2.05, 4.69) is 28.2 Å². The maximum Gasteiger partial charge on any atom is 0.253 e. The minimum absolute atomic E-state index is 0.0963. The average Bonchev–Trinajstić information content (AvgIpc) is 3.13. The molecule has 0 radical (unpaired) electrons. The van der Waals surface area contributed by atoms with Gasteiger partial charge < -0.3 is 21.3 Å². The fourth-order valence-electron chi connectivity index (χ4n) is 3.03. The highest BCUT2D eigenvalue weighted by Gasteiger charge is 2.26. The van der Waals surface area contributed by atoms with Crippen molar-refractivity contribution in [2.24, 2.45) is 0 Å². The molecular formula is C23H37N5O6S. The number of carbonyl (C=O) groups is 6. The lowest BCUT2D eigenvalue weighted by molar-refractivity contribution is -0.137. The smallest absolute Gasteiger partial charge is 0.253 e. The second-order valence-corrected chi connectivity index (χ2v) is 9.42. The van der Waals surface area contributed by atoms with Crippen LogP contribution in [-0.4, -0.2) is 76.6 Å². The molecule has 0 spiro atoms. The van der Waals surface area contributed by atoms with Crippen molar-refractivity contribution in [1.82, 2.24) is 26.2 Å². The molecule has 0 fully saturated rings. The Morgan fingerprint density at radius 1 is 0.829 bits per heavy atom. The Bertz CT molecular complexity index is 800. The zero-order valence-electron chi connectivity index (χ0n) is 20.8. The van der Waals surface area contributed by atoms with Crippen LogP contribution in [-0.2, 0) is 28.8 Å². The summed E-state index contributed by atoms with van der Waals surface area (Å²) in [4.78, 5) is 72.8. The fourth-order valence-corrected chi connectivity index (χ4v) is 3.83. The van der Waals surface area contributed by atoms with E-state index in [1.165, 1.54) is 33.1 Å². The first-order valence-corrected chi connectivity index (χ1v) is 13.0. The van der Waals surface area contributed by atoms with Crippen LogP contribution >= 0.6 is 11.8 Å². The van der Waals surface area contributed by atoms with Crippen molar-refractivity contribution in [3.8, 4) is 0 Å². The lowest BCUT2D eigenvalue weighted by Crippen LogP contribution is -2.54. The number of nitrogens with zero attached hydrogens (tertiary/aromatic N) is 1. The van der Waals surface area contributed by atoms with E-state index in [4.69, 9.17) is 0 Å². The highest BCUT2D eigenvalue weighted by molar-refractivity contribution is 7.99. The molecule has 3 unspecified atom stereocenters. The van der Waals surface area contributed by atoms with Gasteiger partial charge in [0.15, 0.2) is 0 Å². The lowest BCUT2D eigenvalue weighted by Gasteiger charge is -2.20. The SMILES string of the molecule is CCCCCCSCNC(=O)C(C)NC(=O)C(C)NC(=O)C(C)NC(=O)CCN1C(=O)C=CC1=O. The second kappa shape index (κ2) is 15.9. The standard InChI is InChI=1S/C23H37N5O6S/c1-5-6-7-8-13-35-14-24-21(32)15(2)26-23(34)17(4)27-22(33)16(3)25-18(29)11-12-28-19(30)9-10-20(28)31/h9-10,15-17H,5-8,11-14H2,1-4H3,(H,24,32)(H,25,29)(H,26,34)(H,27,33). The normalized spacial score (nSPS) is 15.4. The first-order valence-electron chi connectivity index (χ1n) is 11.9. The van der Waals surface area contributed by atoms with Gasteiger partial charge in [0.2, 0.25) is 23.6 Å². The molecular weight excluding hydrogens is 474 g/mol. The number of amides is 6. The number of nitrogens with one attached hydrogen (secondary N) is 4. The number of hydrogen-bond acceptors (Lipinski definition) is 7. The van der Waals surface area contributed by atoms with Gasteiger partial charge in [-0.15, -0.1) is 11.8 Å². The Balaban J connectivity index is 2.30. The number of imide groups is 1. The highest BCUT2D eigenvalue weighted by atomic mass is 32.2. The van der Waals surface area contributed by atoms with Gasteiger partial charge in [-0.05, 0) is 32.9 Å². The largest absolute Gasteiger partial charge is 0.345 e. The van der Waals surface area contributed by atoms with Crippen LogP contribution in [0.15, 0.2) is 12.2 Å². The summed E-state index contributed by atoms with van der Waals surface area (Å²) in [6.07, 6.45) is 6.76. The van der Waals surface area contributed by atoms with E-state index >= 15 is 0 Å². The lowest BCUT2D eigenvalue weighted by atomic mass is 10.2. The van der Waals surface area contributed by atoms with Crippen LogP contribution in [0.4, 0.5) is 0 Å². The maximum absolute atomic E-state index is 12.4. The molecule has 6 amide bonds. The van der Waals surface area contributed by atoms with Crippen molar-refractivity contribution in [3.05, 3.63) is 12.2 Å². The molecule has 1 aliphatic rings. The molecule has 196 valence electrons. The van der Waals surface area contributed by atoms with E-state index in [1.807, 2.05) is 0 Å². The highest BCUT2D eigenvalue weighted by Crippen LogP contribution is 2.06. The predicted molar refractivity (Wildman–Crippen MR) is 133 cm³/mol. The van der Waals surface area contributed by atoms with Crippen molar-refractivity contribution in [3.63, 3.8) is 0 Å². The number of carbonyl (C=O) groups excluding carboxylic acids is 6. The molecule has 1 heterocycles. The molecule has 12 heteroatoms. The summed E-state index contributed by atoms with van der Waals surface area (Å²) in [7, 11) is 0. The molecule has 4 N–H and O–H groups in total. The van der Waals surface area contributed by atoms with Crippen molar-refractivity contribution in [2.75, 3.05) is 18.2 Å². The quantitative estimate of drug-likeness (QED) is 0.131. The van der Waals surface area contributed by atoms with E-state index in [0.29, 0.717) is 5.88 Å². The molecule has 1 rings (SSSR count). The van der Waals surface area contributed by atoms with E-state index in [0.717, 1.165) is 29.2 Å². The summed E-state index contributed by atoms with van der Waals surface area (Å²) in [5.41, 5.74) is 0. The van der Waals surface area contributed by atoms with E-state index in [-0.39, 0.29) is 18.9 Å². The summed E-state index contributed by atoms with van der Waals surface area (Å²) < 4.78 is 0. The molecule has 3 atom stereocenters. The first kappa shape index (κ1) is 30.1. The minimum Gasteiger partial charge on any atom is -0.345 e. The molecule has 0 aliphatic carbocycles. The van der Waals surface area contributed by atoms with Gasteiger partial charge in [-0.2, -0.15) is 0 Å². The van der Waals surface area contributed by atoms with E-state index in [9.17, 15) is 28.8 Å². The van der Waals surface area contributed by atoms with Crippen molar-refractivity contribution >= 4 is 47.2 Å². The molecule has 35 heavy (non-hydrogen) atoms.